The second-order valence-corrected chi connectivity index (χ2v) is 6.54. The highest BCUT2D eigenvalue weighted by atomic mass is 16.4. The average Bonchev–Trinajstić information content (AvgIpc) is 2.54. The minimum absolute atomic E-state index is 0.180. The number of carbonyl (C=O) groups is 4. The zero-order chi connectivity index (χ0) is 20.3. The van der Waals surface area contributed by atoms with Gasteiger partial charge < -0.3 is 20.4 Å². The molecule has 3 unspecified atom stereocenters. The molecule has 0 aliphatic carbocycles. The van der Waals surface area contributed by atoms with Crippen LogP contribution in [0.15, 0.2) is 12.2 Å². The van der Waals surface area contributed by atoms with E-state index in [4.69, 9.17) is 5.11 Å². The Labute approximate surface area is 152 Å². The predicted octanol–water partition coefficient (Wildman–Crippen LogP) is 2.87. The predicted molar refractivity (Wildman–Crippen MR) is 92.8 cm³/mol. The number of carboxylic acid groups (broad SMARTS) is 4. The Balaban J connectivity index is 5.02. The van der Waals surface area contributed by atoms with Crippen molar-refractivity contribution in [2.45, 2.75) is 58.3 Å². The van der Waals surface area contributed by atoms with E-state index in [2.05, 4.69) is 6.58 Å². The van der Waals surface area contributed by atoms with E-state index in [1.165, 1.54) is 0 Å². The van der Waals surface area contributed by atoms with Crippen molar-refractivity contribution < 1.29 is 39.6 Å². The van der Waals surface area contributed by atoms with Gasteiger partial charge in [-0.05, 0) is 25.7 Å². The van der Waals surface area contributed by atoms with Crippen LogP contribution < -0.4 is 0 Å². The zero-order valence-corrected chi connectivity index (χ0v) is 15.0. The van der Waals surface area contributed by atoms with Gasteiger partial charge in [-0.25, -0.2) is 4.79 Å². The van der Waals surface area contributed by atoms with Crippen molar-refractivity contribution in [2.75, 3.05) is 0 Å². The molecule has 0 bridgehead atoms. The number of hydrogen-bond acceptors (Lipinski definition) is 4. The molecule has 0 saturated heterocycles. The van der Waals surface area contributed by atoms with Crippen molar-refractivity contribution in [3.05, 3.63) is 12.2 Å². The first-order chi connectivity index (χ1) is 12.1. The molecular weight excluding hydrogens is 344 g/mol. The third-order valence-electron chi connectivity index (χ3n) is 4.39. The third kappa shape index (κ3) is 9.19. The smallest absolute Gasteiger partial charge is 0.330 e. The van der Waals surface area contributed by atoms with Crippen LogP contribution in [0.4, 0.5) is 0 Å². The molecule has 0 spiro atoms. The molecule has 0 heterocycles. The lowest BCUT2D eigenvalue weighted by Gasteiger charge is -2.21. The van der Waals surface area contributed by atoms with E-state index in [9.17, 15) is 34.5 Å². The van der Waals surface area contributed by atoms with E-state index in [1.807, 2.05) is 6.92 Å². The van der Waals surface area contributed by atoms with Crippen LogP contribution in [0.5, 0.6) is 0 Å². The molecule has 0 radical (unpaired) electrons. The molecule has 0 aromatic carbocycles. The minimum Gasteiger partial charge on any atom is -0.481 e. The first-order valence-electron chi connectivity index (χ1n) is 8.69. The van der Waals surface area contributed by atoms with Crippen molar-refractivity contribution in [1.29, 1.82) is 0 Å². The highest BCUT2D eigenvalue weighted by Gasteiger charge is 2.32. The van der Waals surface area contributed by atoms with Crippen LogP contribution in [0.1, 0.15) is 58.3 Å². The van der Waals surface area contributed by atoms with E-state index >= 15 is 0 Å². The molecule has 0 rings (SSSR count). The molecule has 0 aliphatic heterocycles. The summed E-state index contributed by atoms with van der Waals surface area (Å²) in [7, 11) is 0. The molecule has 0 aromatic rings. The topological polar surface area (TPSA) is 149 Å². The standard InChI is InChI=1S/C18H28O8/c1-3-4-5-6-7-12(16(21)22)9-14(18(25)26)10-13(17(23)24)8-11(2)15(19)20/h12-14H,2-10H2,1H3,(H,19,20)(H,21,22)(H,23,24)(H,25,26). The Morgan fingerprint density at radius 1 is 0.769 bits per heavy atom. The number of aliphatic carboxylic acids is 4. The molecule has 8 heteroatoms. The lowest BCUT2D eigenvalue weighted by Crippen LogP contribution is -2.28. The summed E-state index contributed by atoms with van der Waals surface area (Å²) in [6.07, 6.45) is 2.90. The molecule has 0 amide bonds. The Morgan fingerprint density at radius 3 is 1.69 bits per heavy atom. The van der Waals surface area contributed by atoms with Crippen LogP contribution >= 0.6 is 0 Å². The molecule has 0 saturated carbocycles. The molecule has 8 nitrogen and oxygen atoms in total. The molecule has 26 heavy (non-hydrogen) atoms. The van der Waals surface area contributed by atoms with Crippen LogP contribution in [0, 0.1) is 17.8 Å². The van der Waals surface area contributed by atoms with Gasteiger partial charge in [-0.2, -0.15) is 0 Å². The van der Waals surface area contributed by atoms with Crippen molar-refractivity contribution in [2.24, 2.45) is 17.8 Å². The maximum Gasteiger partial charge on any atom is 0.330 e. The highest BCUT2D eigenvalue weighted by Crippen LogP contribution is 2.27. The van der Waals surface area contributed by atoms with Gasteiger partial charge in [-0.1, -0.05) is 39.2 Å². The van der Waals surface area contributed by atoms with Crippen LogP contribution in [-0.2, 0) is 19.2 Å². The molecule has 0 aromatic heterocycles. The zero-order valence-electron chi connectivity index (χ0n) is 15.0. The lowest BCUT2D eigenvalue weighted by molar-refractivity contribution is -0.147. The quantitative estimate of drug-likeness (QED) is 0.253. The van der Waals surface area contributed by atoms with Crippen molar-refractivity contribution in [1.82, 2.24) is 0 Å². The van der Waals surface area contributed by atoms with Gasteiger partial charge in [0, 0.05) is 5.57 Å². The fourth-order valence-electron chi connectivity index (χ4n) is 2.80. The van der Waals surface area contributed by atoms with Gasteiger partial charge in [0.05, 0.1) is 17.8 Å². The van der Waals surface area contributed by atoms with E-state index in [1.54, 1.807) is 0 Å². The van der Waals surface area contributed by atoms with Crippen LogP contribution in [0.3, 0.4) is 0 Å². The summed E-state index contributed by atoms with van der Waals surface area (Å²) in [4.78, 5) is 45.1. The Morgan fingerprint density at radius 2 is 1.27 bits per heavy atom. The van der Waals surface area contributed by atoms with Gasteiger partial charge in [-0.15, -0.1) is 0 Å². The van der Waals surface area contributed by atoms with Crippen LogP contribution in [-0.4, -0.2) is 44.3 Å². The van der Waals surface area contributed by atoms with E-state index in [0.717, 1.165) is 19.3 Å². The first-order valence-corrected chi connectivity index (χ1v) is 8.69. The second-order valence-electron chi connectivity index (χ2n) is 6.54. The minimum atomic E-state index is -1.34. The third-order valence-corrected chi connectivity index (χ3v) is 4.39. The van der Waals surface area contributed by atoms with Gasteiger partial charge >= 0.3 is 23.9 Å². The Kier molecular flexibility index (Phi) is 10.9. The van der Waals surface area contributed by atoms with Gasteiger partial charge in [0.25, 0.3) is 0 Å². The Hall–Kier alpha value is -2.38. The number of unbranched alkanes of at least 4 members (excludes halogenated alkanes) is 3. The van der Waals surface area contributed by atoms with Gasteiger partial charge in [0.15, 0.2) is 0 Å². The van der Waals surface area contributed by atoms with Gasteiger partial charge in [-0.3, -0.25) is 14.4 Å². The van der Waals surface area contributed by atoms with E-state index < -0.39 is 41.6 Å². The number of carboxylic acids is 4. The molecule has 0 aliphatic rings. The number of hydrogen-bond donors (Lipinski definition) is 4. The molecule has 148 valence electrons. The highest BCUT2D eigenvalue weighted by molar-refractivity contribution is 5.87. The maximum atomic E-state index is 11.5. The van der Waals surface area contributed by atoms with E-state index in [0.29, 0.717) is 12.8 Å². The fourth-order valence-corrected chi connectivity index (χ4v) is 2.80. The normalized spacial score (nSPS) is 14.2. The summed E-state index contributed by atoms with van der Waals surface area (Å²) >= 11 is 0. The van der Waals surface area contributed by atoms with Gasteiger partial charge in [0.2, 0.25) is 0 Å². The summed E-state index contributed by atoms with van der Waals surface area (Å²) in [5.74, 6) is -8.34. The van der Waals surface area contributed by atoms with E-state index in [-0.39, 0.29) is 24.8 Å². The maximum absolute atomic E-state index is 11.5. The summed E-state index contributed by atoms with van der Waals surface area (Å²) in [6.45, 7) is 5.29. The number of rotatable bonds is 15. The lowest BCUT2D eigenvalue weighted by atomic mass is 9.83. The molecule has 4 N–H and O–H groups in total. The molecular formula is C18H28O8. The van der Waals surface area contributed by atoms with Crippen molar-refractivity contribution in [3.8, 4) is 0 Å². The van der Waals surface area contributed by atoms with Crippen LogP contribution in [0.2, 0.25) is 0 Å². The van der Waals surface area contributed by atoms with Crippen molar-refractivity contribution in [3.63, 3.8) is 0 Å². The van der Waals surface area contributed by atoms with Crippen molar-refractivity contribution >= 4 is 23.9 Å². The largest absolute Gasteiger partial charge is 0.481 e. The summed E-state index contributed by atoms with van der Waals surface area (Å²) in [5, 5.41) is 36.7. The SMILES string of the molecule is C=C(CC(CC(CC(CCCCCC)C(=O)O)C(=O)O)C(=O)O)C(=O)O. The average molecular weight is 372 g/mol. The van der Waals surface area contributed by atoms with Crippen LogP contribution in [0.25, 0.3) is 0 Å². The second kappa shape index (κ2) is 12.1. The molecule has 3 atom stereocenters. The summed E-state index contributed by atoms with van der Waals surface area (Å²) in [5.41, 5.74) is -0.323. The Bertz CT molecular complexity index is 525. The fraction of sp³-hybridized carbons (Fsp3) is 0.667. The van der Waals surface area contributed by atoms with Gasteiger partial charge in [0.1, 0.15) is 0 Å². The first kappa shape index (κ1) is 23.6. The molecule has 0 fully saturated rings. The summed E-state index contributed by atoms with van der Waals surface area (Å²) in [6, 6.07) is 0. The monoisotopic (exact) mass is 372 g/mol. The summed E-state index contributed by atoms with van der Waals surface area (Å²) < 4.78 is 0.